The third-order valence-corrected chi connectivity index (χ3v) is 6.20. The van der Waals surface area contributed by atoms with Crippen molar-refractivity contribution < 1.29 is 18.7 Å². The molecule has 1 fully saturated rings. The highest BCUT2D eigenvalue weighted by Crippen LogP contribution is 2.33. The molecule has 1 aliphatic rings. The van der Waals surface area contributed by atoms with Crippen molar-refractivity contribution in [3.8, 4) is 17.3 Å². The standard InChI is InChI=1S/C29H37FN4O3/c1-6-26-25(19-33(18-24-11-8-16-36-24)28(35)31-29(3,4)5)27(37-23-10-7-9-20(2)17-23)34(32-26)22-14-12-21(30)13-15-22/h7,9-10,12-15,17,24H,6,8,11,16,18-19H2,1-5H3,(H,31,35)/t24-/m0/s1. The maximum atomic E-state index is 13.7. The Balaban J connectivity index is 1.77. The van der Waals surface area contributed by atoms with Gasteiger partial charge in [0.1, 0.15) is 11.6 Å². The molecule has 2 heterocycles. The van der Waals surface area contributed by atoms with Gasteiger partial charge < -0.3 is 19.7 Å². The number of benzene rings is 2. The molecule has 0 radical (unpaired) electrons. The Morgan fingerprint density at radius 3 is 2.62 bits per heavy atom. The van der Waals surface area contributed by atoms with Crippen LogP contribution >= 0.6 is 0 Å². The summed E-state index contributed by atoms with van der Waals surface area (Å²) in [6, 6.07) is 13.8. The van der Waals surface area contributed by atoms with E-state index in [0.717, 1.165) is 29.7 Å². The van der Waals surface area contributed by atoms with E-state index in [2.05, 4.69) is 5.32 Å². The van der Waals surface area contributed by atoms with Crippen LogP contribution in [0.1, 0.15) is 57.4 Å². The molecule has 1 atom stereocenters. The molecule has 0 spiro atoms. The Morgan fingerprint density at radius 1 is 1.24 bits per heavy atom. The van der Waals surface area contributed by atoms with Crippen molar-refractivity contribution in [2.45, 2.75) is 72.1 Å². The smallest absolute Gasteiger partial charge is 0.318 e. The van der Waals surface area contributed by atoms with Crippen LogP contribution in [0.3, 0.4) is 0 Å². The molecule has 8 heteroatoms. The Labute approximate surface area is 218 Å². The molecule has 7 nitrogen and oxygen atoms in total. The first-order chi connectivity index (χ1) is 17.6. The number of amides is 2. The summed E-state index contributed by atoms with van der Waals surface area (Å²) in [6.45, 7) is 11.4. The molecule has 2 aromatic carbocycles. The number of nitrogens with one attached hydrogen (secondary N) is 1. The van der Waals surface area contributed by atoms with Gasteiger partial charge in [-0.15, -0.1) is 0 Å². The number of ether oxygens (including phenoxy) is 2. The quantitative estimate of drug-likeness (QED) is 0.395. The van der Waals surface area contributed by atoms with Gasteiger partial charge in [0.2, 0.25) is 5.88 Å². The second kappa shape index (κ2) is 11.3. The number of carbonyl (C=O) groups is 1. The summed E-state index contributed by atoms with van der Waals surface area (Å²) in [5.41, 5.74) is 2.98. The Morgan fingerprint density at radius 2 is 2.00 bits per heavy atom. The summed E-state index contributed by atoms with van der Waals surface area (Å²) in [6.07, 6.45) is 2.54. The van der Waals surface area contributed by atoms with Crippen LogP contribution in [0.15, 0.2) is 48.5 Å². The first kappa shape index (κ1) is 26.7. The molecule has 37 heavy (non-hydrogen) atoms. The fraction of sp³-hybridized carbons (Fsp3) is 0.448. The van der Waals surface area contributed by atoms with Gasteiger partial charge in [-0.25, -0.2) is 13.9 Å². The van der Waals surface area contributed by atoms with Gasteiger partial charge in [-0.05, 0) is 88.9 Å². The molecule has 1 aliphatic heterocycles. The minimum absolute atomic E-state index is 0.0101. The third kappa shape index (κ3) is 6.89. The van der Waals surface area contributed by atoms with Crippen LogP contribution in [-0.2, 0) is 17.7 Å². The minimum Gasteiger partial charge on any atom is -0.439 e. The van der Waals surface area contributed by atoms with Crippen LogP contribution in [0.25, 0.3) is 5.69 Å². The SMILES string of the molecule is CCc1nn(-c2ccc(F)cc2)c(Oc2cccc(C)c2)c1CN(C[C@@H]1CCCO1)C(=O)NC(C)(C)C. The van der Waals surface area contributed by atoms with E-state index in [1.54, 1.807) is 21.7 Å². The summed E-state index contributed by atoms with van der Waals surface area (Å²) < 4.78 is 27.7. The topological polar surface area (TPSA) is 68.6 Å². The molecule has 0 bridgehead atoms. The van der Waals surface area contributed by atoms with Crippen LogP contribution in [0.4, 0.5) is 9.18 Å². The van der Waals surface area contributed by atoms with Crippen LogP contribution in [0, 0.1) is 12.7 Å². The molecular formula is C29H37FN4O3. The summed E-state index contributed by atoms with van der Waals surface area (Å²) in [5.74, 6) is 0.849. The molecule has 0 aliphatic carbocycles. The van der Waals surface area contributed by atoms with E-state index in [1.165, 1.54) is 12.1 Å². The summed E-state index contributed by atoms with van der Waals surface area (Å²) >= 11 is 0. The highest BCUT2D eigenvalue weighted by Gasteiger charge is 2.29. The predicted octanol–water partition coefficient (Wildman–Crippen LogP) is 6.16. The Kier molecular flexibility index (Phi) is 8.17. The van der Waals surface area contributed by atoms with E-state index >= 15 is 0 Å². The van der Waals surface area contributed by atoms with Gasteiger partial charge in [-0.3, -0.25) is 0 Å². The first-order valence-electron chi connectivity index (χ1n) is 12.9. The van der Waals surface area contributed by atoms with Crippen LogP contribution in [0.5, 0.6) is 11.6 Å². The lowest BCUT2D eigenvalue weighted by Gasteiger charge is -2.30. The largest absolute Gasteiger partial charge is 0.439 e. The number of urea groups is 1. The first-order valence-corrected chi connectivity index (χ1v) is 12.9. The monoisotopic (exact) mass is 508 g/mol. The average Bonchev–Trinajstić information content (AvgIpc) is 3.46. The molecule has 1 aromatic heterocycles. The Hall–Kier alpha value is -3.39. The number of hydrogen-bond donors (Lipinski definition) is 1. The molecule has 198 valence electrons. The van der Waals surface area contributed by atoms with Crippen molar-refractivity contribution in [3.05, 3.63) is 71.2 Å². The van der Waals surface area contributed by atoms with Gasteiger partial charge in [-0.2, -0.15) is 5.10 Å². The number of hydrogen-bond acceptors (Lipinski definition) is 4. The highest BCUT2D eigenvalue weighted by atomic mass is 19.1. The maximum absolute atomic E-state index is 13.7. The van der Waals surface area contributed by atoms with Gasteiger partial charge in [0.15, 0.2) is 0 Å². The third-order valence-electron chi connectivity index (χ3n) is 6.20. The Bertz CT molecular complexity index is 1210. The van der Waals surface area contributed by atoms with Gasteiger partial charge in [0.25, 0.3) is 0 Å². The van der Waals surface area contributed by atoms with Crippen LogP contribution in [-0.4, -0.2) is 45.5 Å². The molecule has 0 unspecified atom stereocenters. The van der Waals surface area contributed by atoms with Crippen molar-refractivity contribution in [3.63, 3.8) is 0 Å². The van der Waals surface area contributed by atoms with Crippen LogP contribution in [0.2, 0.25) is 0 Å². The van der Waals surface area contributed by atoms with Gasteiger partial charge in [-0.1, -0.05) is 19.1 Å². The van der Waals surface area contributed by atoms with E-state index in [-0.39, 0.29) is 18.0 Å². The highest BCUT2D eigenvalue weighted by molar-refractivity contribution is 5.75. The summed E-state index contributed by atoms with van der Waals surface area (Å²) in [7, 11) is 0. The van der Waals surface area contributed by atoms with E-state index in [1.807, 2.05) is 58.9 Å². The van der Waals surface area contributed by atoms with Gasteiger partial charge in [0, 0.05) is 18.7 Å². The molecule has 0 saturated carbocycles. The number of halogens is 1. The van der Waals surface area contributed by atoms with Crippen molar-refractivity contribution in [2.24, 2.45) is 0 Å². The number of aryl methyl sites for hydroxylation is 2. The lowest BCUT2D eigenvalue weighted by Crippen LogP contribution is -2.50. The van der Waals surface area contributed by atoms with Crippen molar-refractivity contribution in [2.75, 3.05) is 13.2 Å². The normalized spacial score (nSPS) is 15.6. The van der Waals surface area contributed by atoms with E-state index in [4.69, 9.17) is 14.6 Å². The second-order valence-corrected chi connectivity index (χ2v) is 10.6. The average molecular weight is 509 g/mol. The summed E-state index contributed by atoms with van der Waals surface area (Å²) in [5, 5.41) is 7.94. The van der Waals surface area contributed by atoms with Crippen molar-refractivity contribution >= 4 is 6.03 Å². The van der Waals surface area contributed by atoms with E-state index < -0.39 is 5.54 Å². The molecule has 1 N–H and O–H groups in total. The zero-order valence-electron chi connectivity index (χ0n) is 22.4. The maximum Gasteiger partial charge on any atom is 0.318 e. The number of nitrogens with zero attached hydrogens (tertiary/aromatic N) is 3. The van der Waals surface area contributed by atoms with E-state index in [9.17, 15) is 9.18 Å². The van der Waals surface area contributed by atoms with E-state index in [0.29, 0.717) is 43.4 Å². The minimum atomic E-state index is -0.390. The molecule has 4 rings (SSSR count). The van der Waals surface area contributed by atoms with Crippen LogP contribution < -0.4 is 10.1 Å². The zero-order chi connectivity index (χ0) is 26.6. The number of rotatable bonds is 8. The molecule has 3 aromatic rings. The second-order valence-electron chi connectivity index (χ2n) is 10.6. The fourth-order valence-corrected chi connectivity index (χ4v) is 4.42. The molecular weight excluding hydrogens is 471 g/mol. The molecule has 1 saturated heterocycles. The number of carbonyl (C=O) groups excluding carboxylic acids is 1. The fourth-order valence-electron chi connectivity index (χ4n) is 4.42. The van der Waals surface area contributed by atoms with Crippen molar-refractivity contribution in [1.29, 1.82) is 0 Å². The van der Waals surface area contributed by atoms with Gasteiger partial charge >= 0.3 is 6.03 Å². The lowest BCUT2D eigenvalue weighted by molar-refractivity contribution is 0.0779. The molecule has 2 amide bonds. The summed E-state index contributed by atoms with van der Waals surface area (Å²) in [4.78, 5) is 15.2. The van der Waals surface area contributed by atoms with Gasteiger partial charge in [0.05, 0.1) is 29.6 Å². The lowest BCUT2D eigenvalue weighted by atomic mass is 10.1. The predicted molar refractivity (Wildman–Crippen MR) is 142 cm³/mol. The number of aromatic nitrogens is 2. The van der Waals surface area contributed by atoms with Crippen molar-refractivity contribution in [1.82, 2.24) is 20.0 Å². The zero-order valence-corrected chi connectivity index (χ0v) is 22.4.